The Morgan fingerprint density at radius 3 is 2.42 bits per heavy atom. The average molecular weight is 462 g/mol. The molecule has 1 atom stereocenters. The van der Waals surface area contributed by atoms with E-state index in [0.29, 0.717) is 45.6 Å². The fourth-order valence-electron chi connectivity index (χ4n) is 4.15. The first-order chi connectivity index (χ1) is 14.9. The van der Waals surface area contributed by atoms with Gasteiger partial charge in [0.2, 0.25) is 5.91 Å². The first-order valence-corrected chi connectivity index (χ1v) is 12.6. The summed E-state index contributed by atoms with van der Waals surface area (Å²) in [5, 5.41) is 2.97. The molecule has 0 radical (unpaired) electrons. The lowest BCUT2D eigenvalue weighted by atomic mass is 9.99. The lowest BCUT2D eigenvalue weighted by Crippen LogP contribution is -2.56. The van der Waals surface area contributed by atoms with Gasteiger partial charge < -0.3 is 19.7 Å². The number of carbonyl (C=O) groups is 2. The Kier molecular flexibility index (Phi) is 8.90. The Morgan fingerprint density at radius 1 is 1.03 bits per heavy atom. The van der Waals surface area contributed by atoms with Crippen molar-refractivity contribution in [3.05, 3.63) is 0 Å². The number of rotatable bonds is 7. The largest absolute Gasteiger partial charge is 0.450 e. The van der Waals surface area contributed by atoms with Gasteiger partial charge in [-0.1, -0.05) is 0 Å². The van der Waals surface area contributed by atoms with Crippen LogP contribution in [0.4, 0.5) is 4.79 Å². The molecular formula is C19H35N5O6S. The molecule has 0 bridgehead atoms. The molecule has 3 saturated heterocycles. The molecule has 0 aromatic carbocycles. The minimum atomic E-state index is -3.66. The molecule has 0 aromatic rings. The van der Waals surface area contributed by atoms with Crippen LogP contribution in [-0.4, -0.2) is 124 Å². The van der Waals surface area contributed by atoms with Crippen molar-refractivity contribution in [3.63, 3.8) is 0 Å². The molecule has 0 saturated carbocycles. The quantitative estimate of drug-likeness (QED) is 0.526. The van der Waals surface area contributed by atoms with Crippen molar-refractivity contribution in [2.45, 2.75) is 19.8 Å². The molecule has 3 rings (SSSR count). The Balaban J connectivity index is 1.46. The number of piperidine rings is 1. The highest BCUT2D eigenvalue weighted by Crippen LogP contribution is 2.22. The molecule has 0 spiro atoms. The number of hydrogen-bond acceptors (Lipinski definition) is 7. The third-order valence-electron chi connectivity index (χ3n) is 6.00. The van der Waals surface area contributed by atoms with Crippen LogP contribution in [-0.2, 0) is 24.5 Å². The molecule has 3 heterocycles. The van der Waals surface area contributed by atoms with E-state index in [-0.39, 0.29) is 31.5 Å². The van der Waals surface area contributed by atoms with Crippen LogP contribution in [0.25, 0.3) is 0 Å². The zero-order valence-corrected chi connectivity index (χ0v) is 19.1. The first-order valence-electron chi connectivity index (χ1n) is 11.2. The number of carbonyl (C=O) groups excluding carboxylic acids is 2. The van der Waals surface area contributed by atoms with Crippen molar-refractivity contribution < 1.29 is 27.5 Å². The van der Waals surface area contributed by atoms with Gasteiger partial charge in [0.1, 0.15) is 0 Å². The summed E-state index contributed by atoms with van der Waals surface area (Å²) in [5.74, 6) is -0.422. The van der Waals surface area contributed by atoms with E-state index in [9.17, 15) is 18.0 Å². The third kappa shape index (κ3) is 6.51. The minimum absolute atomic E-state index is 0.0831. The predicted octanol–water partition coefficient (Wildman–Crippen LogP) is -0.834. The maximum absolute atomic E-state index is 13.1. The molecule has 31 heavy (non-hydrogen) atoms. The van der Waals surface area contributed by atoms with Gasteiger partial charge >= 0.3 is 6.09 Å². The summed E-state index contributed by atoms with van der Waals surface area (Å²) in [6, 6.07) is 0. The fraction of sp³-hybridized carbons (Fsp3) is 0.895. The van der Waals surface area contributed by atoms with E-state index in [0.717, 1.165) is 32.8 Å². The SMILES string of the molecule is CCOC(=O)N1CCN(S(=O)(=O)N2CCCC(C(=O)NCCN3CCOCC3)C2)CC1. The molecule has 1 unspecified atom stereocenters. The molecule has 12 heteroatoms. The normalized spacial score (nSPS) is 24.7. The average Bonchev–Trinajstić information content (AvgIpc) is 2.80. The summed E-state index contributed by atoms with van der Waals surface area (Å²) >= 11 is 0. The summed E-state index contributed by atoms with van der Waals surface area (Å²) < 4.78 is 39.3. The van der Waals surface area contributed by atoms with Crippen molar-refractivity contribution >= 4 is 22.2 Å². The number of nitrogens with one attached hydrogen (secondary N) is 1. The summed E-state index contributed by atoms with van der Waals surface area (Å²) in [5.41, 5.74) is 0. The van der Waals surface area contributed by atoms with Gasteiger partial charge in [-0.2, -0.15) is 17.0 Å². The zero-order chi connectivity index (χ0) is 22.3. The monoisotopic (exact) mass is 461 g/mol. The molecule has 2 amide bonds. The van der Waals surface area contributed by atoms with Gasteiger partial charge in [-0.25, -0.2) is 4.79 Å². The van der Waals surface area contributed by atoms with Gasteiger partial charge in [-0.3, -0.25) is 9.69 Å². The number of nitrogens with zero attached hydrogens (tertiary/aromatic N) is 4. The topological polar surface area (TPSA) is 112 Å². The van der Waals surface area contributed by atoms with E-state index in [4.69, 9.17) is 9.47 Å². The lowest BCUT2D eigenvalue weighted by molar-refractivity contribution is -0.126. The van der Waals surface area contributed by atoms with Gasteiger partial charge in [-0.05, 0) is 19.8 Å². The van der Waals surface area contributed by atoms with Gasteiger partial charge in [-0.15, -0.1) is 0 Å². The van der Waals surface area contributed by atoms with Gasteiger partial charge in [0, 0.05) is 65.4 Å². The summed E-state index contributed by atoms with van der Waals surface area (Å²) in [6.07, 6.45) is 0.932. The van der Waals surface area contributed by atoms with E-state index in [1.807, 2.05) is 0 Å². The van der Waals surface area contributed by atoms with Crippen molar-refractivity contribution in [1.82, 2.24) is 23.7 Å². The molecule has 0 aromatic heterocycles. The van der Waals surface area contributed by atoms with Gasteiger partial charge in [0.15, 0.2) is 0 Å². The second-order valence-corrected chi connectivity index (χ2v) is 9.96. The molecule has 178 valence electrons. The maximum atomic E-state index is 13.1. The van der Waals surface area contributed by atoms with Gasteiger partial charge in [0.05, 0.1) is 25.7 Å². The van der Waals surface area contributed by atoms with Crippen molar-refractivity contribution in [1.29, 1.82) is 0 Å². The lowest BCUT2D eigenvalue weighted by Gasteiger charge is -2.38. The molecule has 1 N–H and O–H groups in total. The maximum Gasteiger partial charge on any atom is 0.409 e. The molecule has 3 aliphatic rings. The minimum Gasteiger partial charge on any atom is -0.450 e. The Labute approximate surface area is 184 Å². The highest BCUT2D eigenvalue weighted by atomic mass is 32.2. The number of piperazine rings is 1. The van der Waals surface area contributed by atoms with Crippen LogP contribution in [0.15, 0.2) is 0 Å². The number of hydrogen-bond donors (Lipinski definition) is 1. The Morgan fingerprint density at radius 2 is 1.74 bits per heavy atom. The Bertz CT molecular complexity index is 707. The standard InChI is InChI=1S/C19H35N5O6S/c1-2-30-19(26)22-8-10-23(11-9-22)31(27,28)24-6-3-4-17(16-24)18(25)20-5-7-21-12-14-29-15-13-21/h17H,2-16H2,1H3,(H,20,25). The molecule has 3 fully saturated rings. The van der Waals surface area contributed by atoms with E-state index in [2.05, 4.69) is 10.2 Å². The van der Waals surface area contributed by atoms with Crippen molar-refractivity contribution in [2.24, 2.45) is 5.92 Å². The molecule has 11 nitrogen and oxygen atoms in total. The van der Waals surface area contributed by atoms with Gasteiger partial charge in [0.25, 0.3) is 10.2 Å². The van der Waals surface area contributed by atoms with Crippen LogP contribution in [0.3, 0.4) is 0 Å². The number of amides is 2. The molecule has 0 aliphatic carbocycles. The van der Waals surface area contributed by atoms with Crippen LogP contribution in [0.5, 0.6) is 0 Å². The van der Waals surface area contributed by atoms with E-state index in [1.165, 1.54) is 13.5 Å². The zero-order valence-electron chi connectivity index (χ0n) is 18.3. The summed E-state index contributed by atoms with van der Waals surface area (Å²) in [4.78, 5) is 28.2. The number of morpholine rings is 1. The van der Waals surface area contributed by atoms with Crippen LogP contribution in [0.1, 0.15) is 19.8 Å². The molecular weight excluding hydrogens is 426 g/mol. The van der Waals surface area contributed by atoms with Crippen molar-refractivity contribution in [3.8, 4) is 0 Å². The van der Waals surface area contributed by atoms with E-state index in [1.54, 1.807) is 6.92 Å². The summed E-state index contributed by atoms with van der Waals surface area (Å²) in [7, 11) is -3.66. The third-order valence-corrected chi connectivity index (χ3v) is 8.01. The highest BCUT2D eigenvalue weighted by molar-refractivity contribution is 7.86. The number of ether oxygens (including phenoxy) is 2. The van der Waals surface area contributed by atoms with Crippen LogP contribution >= 0.6 is 0 Å². The molecule has 3 aliphatic heterocycles. The first kappa shape index (κ1) is 24.2. The van der Waals surface area contributed by atoms with E-state index < -0.39 is 16.3 Å². The fourth-order valence-corrected chi connectivity index (χ4v) is 5.83. The smallest absolute Gasteiger partial charge is 0.409 e. The second kappa shape index (κ2) is 11.4. The van der Waals surface area contributed by atoms with Crippen molar-refractivity contribution in [2.75, 3.05) is 85.3 Å². The second-order valence-electron chi connectivity index (χ2n) is 8.04. The highest BCUT2D eigenvalue weighted by Gasteiger charge is 2.37. The van der Waals surface area contributed by atoms with Crippen LogP contribution < -0.4 is 5.32 Å². The van der Waals surface area contributed by atoms with E-state index >= 15 is 0 Å². The van der Waals surface area contributed by atoms with Crippen LogP contribution in [0, 0.1) is 5.92 Å². The predicted molar refractivity (Wildman–Crippen MR) is 114 cm³/mol. The van der Waals surface area contributed by atoms with Crippen LogP contribution in [0.2, 0.25) is 0 Å². The Hall–Kier alpha value is -1.47. The summed E-state index contributed by atoms with van der Waals surface area (Å²) in [6.45, 7) is 8.22.